The van der Waals surface area contributed by atoms with Crippen LogP contribution in [0.2, 0.25) is 0 Å². The fraction of sp³-hybridized carbons (Fsp3) is 0.188. The molecule has 2 aromatic rings. The van der Waals surface area contributed by atoms with Crippen LogP contribution in [-0.4, -0.2) is 12.5 Å². The molecule has 0 fully saturated rings. The van der Waals surface area contributed by atoms with Crippen LogP contribution in [0.1, 0.15) is 11.1 Å². The van der Waals surface area contributed by atoms with Gasteiger partial charge in [-0.3, -0.25) is 4.79 Å². The molecule has 0 aliphatic heterocycles. The van der Waals surface area contributed by atoms with Crippen LogP contribution >= 0.6 is 0 Å². The quantitative estimate of drug-likeness (QED) is 0.889. The van der Waals surface area contributed by atoms with Crippen molar-refractivity contribution in [2.45, 2.75) is 13.5 Å². The third-order valence-electron chi connectivity index (χ3n) is 2.98. The minimum absolute atomic E-state index is 0.141. The number of hydrogen-bond acceptors (Lipinski definition) is 3. The van der Waals surface area contributed by atoms with Crippen LogP contribution in [0.3, 0.4) is 0 Å². The maximum Gasteiger partial charge on any atom is 0.262 e. The molecule has 110 valence electrons. The molecular formula is C16H17FN2O2. The number of anilines is 1. The standard InChI is InChI=1S/C16H17FN2O2/c1-11-2-5-13(8-15(11)17)19-16(20)10-21-14-6-3-12(9-18)4-7-14/h2-8H,9-10,18H2,1H3,(H,19,20). The first-order valence-corrected chi connectivity index (χ1v) is 6.56. The summed E-state index contributed by atoms with van der Waals surface area (Å²) in [5, 5.41) is 2.58. The maximum atomic E-state index is 13.4. The molecule has 0 atom stereocenters. The van der Waals surface area contributed by atoms with E-state index in [9.17, 15) is 9.18 Å². The highest BCUT2D eigenvalue weighted by Gasteiger charge is 2.05. The fourth-order valence-electron chi connectivity index (χ4n) is 1.74. The van der Waals surface area contributed by atoms with E-state index in [1.54, 1.807) is 31.2 Å². The molecule has 0 saturated carbocycles. The Balaban J connectivity index is 1.87. The third-order valence-corrected chi connectivity index (χ3v) is 2.98. The van der Waals surface area contributed by atoms with Gasteiger partial charge in [-0.2, -0.15) is 0 Å². The summed E-state index contributed by atoms with van der Waals surface area (Å²) in [6, 6.07) is 11.7. The molecule has 3 N–H and O–H groups in total. The van der Waals surface area contributed by atoms with Crippen molar-refractivity contribution in [2.24, 2.45) is 5.73 Å². The number of nitrogens with one attached hydrogen (secondary N) is 1. The van der Waals surface area contributed by atoms with E-state index in [1.165, 1.54) is 6.07 Å². The Kier molecular flexibility index (Phi) is 4.90. The Morgan fingerprint density at radius 3 is 2.57 bits per heavy atom. The van der Waals surface area contributed by atoms with E-state index in [1.807, 2.05) is 12.1 Å². The number of rotatable bonds is 5. The summed E-state index contributed by atoms with van der Waals surface area (Å²) in [5.74, 6) is -0.121. The molecule has 0 aliphatic carbocycles. The van der Waals surface area contributed by atoms with E-state index >= 15 is 0 Å². The molecule has 0 radical (unpaired) electrons. The second kappa shape index (κ2) is 6.85. The number of carbonyl (C=O) groups excluding carboxylic acids is 1. The molecule has 0 bridgehead atoms. The molecule has 2 aromatic carbocycles. The lowest BCUT2D eigenvalue weighted by Crippen LogP contribution is -2.20. The van der Waals surface area contributed by atoms with E-state index < -0.39 is 0 Å². The molecule has 0 unspecified atom stereocenters. The van der Waals surface area contributed by atoms with Crippen LogP contribution in [0.5, 0.6) is 5.75 Å². The number of halogens is 1. The van der Waals surface area contributed by atoms with Crippen LogP contribution in [0.25, 0.3) is 0 Å². The van der Waals surface area contributed by atoms with E-state index in [4.69, 9.17) is 10.5 Å². The van der Waals surface area contributed by atoms with Gasteiger partial charge in [0, 0.05) is 12.2 Å². The predicted molar refractivity (Wildman–Crippen MR) is 79.6 cm³/mol. The van der Waals surface area contributed by atoms with Crippen molar-refractivity contribution in [3.8, 4) is 5.75 Å². The smallest absolute Gasteiger partial charge is 0.262 e. The Morgan fingerprint density at radius 2 is 1.95 bits per heavy atom. The van der Waals surface area contributed by atoms with E-state index in [2.05, 4.69) is 5.32 Å². The summed E-state index contributed by atoms with van der Waals surface area (Å²) < 4.78 is 18.7. The van der Waals surface area contributed by atoms with Crippen LogP contribution in [0.15, 0.2) is 42.5 Å². The molecule has 0 heterocycles. The summed E-state index contributed by atoms with van der Waals surface area (Å²) in [6.07, 6.45) is 0. The molecular weight excluding hydrogens is 271 g/mol. The zero-order chi connectivity index (χ0) is 15.2. The second-order valence-electron chi connectivity index (χ2n) is 4.65. The maximum absolute atomic E-state index is 13.4. The number of hydrogen-bond donors (Lipinski definition) is 2. The van der Waals surface area contributed by atoms with Crippen LogP contribution in [0.4, 0.5) is 10.1 Å². The predicted octanol–water partition coefficient (Wildman–Crippen LogP) is 2.61. The van der Waals surface area contributed by atoms with Gasteiger partial charge in [0.1, 0.15) is 11.6 Å². The lowest BCUT2D eigenvalue weighted by atomic mass is 10.2. The van der Waals surface area contributed by atoms with Crippen molar-refractivity contribution in [3.05, 3.63) is 59.4 Å². The van der Waals surface area contributed by atoms with Gasteiger partial charge >= 0.3 is 0 Å². The van der Waals surface area contributed by atoms with E-state index in [0.717, 1.165) is 5.56 Å². The van der Waals surface area contributed by atoms with Gasteiger partial charge in [-0.15, -0.1) is 0 Å². The van der Waals surface area contributed by atoms with Crippen molar-refractivity contribution < 1.29 is 13.9 Å². The van der Waals surface area contributed by atoms with E-state index in [-0.39, 0.29) is 18.3 Å². The van der Waals surface area contributed by atoms with Crippen LogP contribution in [-0.2, 0) is 11.3 Å². The van der Waals surface area contributed by atoms with Gasteiger partial charge in [-0.25, -0.2) is 4.39 Å². The lowest BCUT2D eigenvalue weighted by Gasteiger charge is -2.08. The SMILES string of the molecule is Cc1ccc(NC(=O)COc2ccc(CN)cc2)cc1F. The largest absolute Gasteiger partial charge is 0.484 e. The van der Waals surface area contributed by atoms with Gasteiger partial charge in [0.15, 0.2) is 6.61 Å². The molecule has 1 amide bonds. The van der Waals surface area contributed by atoms with Gasteiger partial charge in [0.2, 0.25) is 0 Å². The highest BCUT2D eigenvalue weighted by molar-refractivity contribution is 5.91. The second-order valence-corrected chi connectivity index (χ2v) is 4.65. The highest BCUT2D eigenvalue weighted by atomic mass is 19.1. The van der Waals surface area contributed by atoms with Crippen molar-refractivity contribution in [1.29, 1.82) is 0 Å². The average Bonchev–Trinajstić information content (AvgIpc) is 2.49. The van der Waals surface area contributed by atoms with Crippen molar-refractivity contribution >= 4 is 11.6 Å². The van der Waals surface area contributed by atoms with Gasteiger partial charge in [0.25, 0.3) is 5.91 Å². The summed E-state index contributed by atoms with van der Waals surface area (Å²) in [5.41, 5.74) is 7.42. The monoisotopic (exact) mass is 288 g/mol. The Labute approximate surface area is 122 Å². The number of nitrogens with two attached hydrogens (primary N) is 1. The minimum atomic E-state index is -0.355. The molecule has 0 saturated heterocycles. The number of carbonyl (C=O) groups is 1. The summed E-state index contributed by atoms with van der Waals surface area (Å²) >= 11 is 0. The van der Waals surface area contributed by atoms with Gasteiger partial charge < -0.3 is 15.8 Å². The number of aryl methyl sites for hydroxylation is 1. The summed E-state index contributed by atoms with van der Waals surface area (Å²) in [4.78, 5) is 11.7. The van der Waals surface area contributed by atoms with Gasteiger partial charge in [0.05, 0.1) is 0 Å². The van der Waals surface area contributed by atoms with Crippen LogP contribution < -0.4 is 15.8 Å². The third kappa shape index (κ3) is 4.29. The Hall–Kier alpha value is -2.40. The molecule has 0 aliphatic rings. The molecule has 0 spiro atoms. The zero-order valence-corrected chi connectivity index (χ0v) is 11.7. The normalized spacial score (nSPS) is 10.2. The Bertz CT molecular complexity index is 627. The van der Waals surface area contributed by atoms with Gasteiger partial charge in [-0.1, -0.05) is 18.2 Å². The zero-order valence-electron chi connectivity index (χ0n) is 11.7. The summed E-state index contributed by atoms with van der Waals surface area (Å²) in [6.45, 7) is 1.98. The van der Waals surface area contributed by atoms with Crippen molar-refractivity contribution in [2.75, 3.05) is 11.9 Å². The number of ether oxygens (including phenoxy) is 1. The lowest BCUT2D eigenvalue weighted by molar-refractivity contribution is -0.118. The number of benzene rings is 2. The highest BCUT2D eigenvalue weighted by Crippen LogP contribution is 2.14. The fourth-order valence-corrected chi connectivity index (χ4v) is 1.74. The molecule has 2 rings (SSSR count). The topological polar surface area (TPSA) is 64.3 Å². The summed E-state index contributed by atoms with van der Waals surface area (Å²) in [7, 11) is 0. The molecule has 4 nitrogen and oxygen atoms in total. The average molecular weight is 288 g/mol. The van der Waals surface area contributed by atoms with Crippen molar-refractivity contribution in [1.82, 2.24) is 0 Å². The van der Waals surface area contributed by atoms with E-state index in [0.29, 0.717) is 23.5 Å². The first-order chi connectivity index (χ1) is 10.1. The molecule has 5 heteroatoms. The minimum Gasteiger partial charge on any atom is -0.484 e. The van der Waals surface area contributed by atoms with Crippen LogP contribution in [0, 0.1) is 12.7 Å². The first kappa shape index (κ1) is 15.0. The molecule has 21 heavy (non-hydrogen) atoms. The number of amides is 1. The molecule has 0 aromatic heterocycles. The Morgan fingerprint density at radius 1 is 1.24 bits per heavy atom. The van der Waals surface area contributed by atoms with Gasteiger partial charge in [-0.05, 0) is 42.3 Å². The first-order valence-electron chi connectivity index (χ1n) is 6.56. The van der Waals surface area contributed by atoms with Crippen molar-refractivity contribution in [3.63, 3.8) is 0 Å².